The van der Waals surface area contributed by atoms with E-state index in [4.69, 9.17) is 0 Å². The van der Waals surface area contributed by atoms with E-state index in [9.17, 15) is 0 Å². The van der Waals surface area contributed by atoms with Gasteiger partial charge in [-0.25, -0.2) is 0 Å². The summed E-state index contributed by atoms with van der Waals surface area (Å²) in [6.45, 7) is 10.3. The maximum Gasteiger partial charge on any atom is 0.00807 e. The van der Waals surface area contributed by atoms with Gasteiger partial charge in [0.05, 0.1) is 0 Å². The quantitative estimate of drug-likeness (QED) is 0.843. The van der Waals surface area contributed by atoms with Crippen LogP contribution in [0.3, 0.4) is 0 Å². The van der Waals surface area contributed by atoms with Crippen molar-refractivity contribution in [2.75, 3.05) is 6.54 Å². The first-order valence-corrected chi connectivity index (χ1v) is 7.83. The molecule has 0 atom stereocenters. The predicted octanol–water partition coefficient (Wildman–Crippen LogP) is 4.44. The van der Waals surface area contributed by atoms with Crippen molar-refractivity contribution in [1.29, 1.82) is 0 Å². The second-order valence-corrected chi connectivity index (χ2v) is 6.81. The summed E-state index contributed by atoms with van der Waals surface area (Å²) in [7, 11) is 0. The normalized spacial score (nSPS) is 27.7. The Morgan fingerprint density at radius 1 is 1.21 bits per heavy atom. The Kier molecular flexibility index (Phi) is 4.67. The molecule has 1 saturated carbocycles. The zero-order chi connectivity index (χ0) is 13.9. The zero-order valence-electron chi connectivity index (χ0n) is 13.0. The SMILES string of the molecule is Cc1ccccc1C1(CNC(C)C)CCC(C)CC1. The Bertz CT molecular complexity index is 400. The van der Waals surface area contributed by atoms with Crippen molar-refractivity contribution in [3.05, 3.63) is 35.4 Å². The van der Waals surface area contributed by atoms with E-state index in [1.165, 1.54) is 31.2 Å². The largest absolute Gasteiger partial charge is 0.314 e. The zero-order valence-corrected chi connectivity index (χ0v) is 13.0. The summed E-state index contributed by atoms with van der Waals surface area (Å²) in [6, 6.07) is 9.56. The van der Waals surface area contributed by atoms with Gasteiger partial charge in [0.25, 0.3) is 0 Å². The lowest BCUT2D eigenvalue weighted by Gasteiger charge is -2.41. The Morgan fingerprint density at radius 2 is 1.84 bits per heavy atom. The van der Waals surface area contributed by atoms with Crippen LogP contribution >= 0.6 is 0 Å². The van der Waals surface area contributed by atoms with Gasteiger partial charge in [-0.15, -0.1) is 0 Å². The van der Waals surface area contributed by atoms with Crippen molar-refractivity contribution >= 4 is 0 Å². The molecule has 0 bridgehead atoms. The van der Waals surface area contributed by atoms with Crippen molar-refractivity contribution in [2.45, 2.75) is 64.8 Å². The minimum absolute atomic E-state index is 0.363. The Labute approximate surface area is 118 Å². The van der Waals surface area contributed by atoms with Crippen molar-refractivity contribution in [3.63, 3.8) is 0 Å². The summed E-state index contributed by atoms with van der Waals surface area (Å²) in [6.07, 6.45) is 5.40. The van der Waals surface area contributed by atoms with Gasteiger partial charge in [0.1, 0.15) is 0 Å². The Balaban J connectivity index is 2.26. The third kappa shape index (κ3) is 3.39. The van der Waals surface area contributed by atoms with Crippen LogP contribution in [0.1, 0.15) is 57.6 Å². The van der Waals surface area contributed by atoms with Gasteiger partial charge >= 0.3 is 0 Å². The highest BCUT2D eigenvalue weighted by Crippen LogP contribution is 2.42. The molecule has 19 heavy (non-hydrogen) atoms. The lowest BCUT2D eigenvalue weighted by Crippen LogP contribution is -2.43. The van der Waals surface area contributed by atoms with Crippen LogP contribution in [0, 0.1) is 12.8 Å². The molecule has 0 saturated heterocycles. The second-order valence-electron chi connectivity index (χ2n) is 6.81. The minimum Gasteiger partial charge on any atom is -0.314 e. The van der Waals surface area contributed by atoms with Gasteiger partial charge in [-0.3, -0.25) is 0 Å². The van der Waals surface area contributed by atoms with Gasteiger partial charge in [0, 0.05) is 18.0 Å². The van der Waals surface area contributed by atoms with Gasteiger partial charge in [0.2, 0.25) is 0 Å². The minimum atomic E-state index is 0.363. The lowest BCUT2D eigenvalue weighted by molar-refractivity contribution is 0.228. The van der Waals surface area contributed by atoms with Crippen molar-refractivity contribution < 1.29 is 0 Å². The summed E-state index contributed by atoms with van der Waals surface area (Å²) in [5.74, 6) is 0.899. The molecule has 1 N–H and O–H groups in total. The molecule has 1 aliphatic rings. The lowest BCUT2D eigenvalue weighted by atomic mass is 9.66. The van der Waals surface area contributed by atoms with Crippen LogP contribution in [0.5, 0.6) is 0 Å². The van der Waals surface area contributed by atoms with E-state index in [1.54, 1.807) is 5.56 Å². The first-order valence-electron chi connectivity index (χ1n) is 7.83. The van der Waals surface area contributed by atoms with Gasteiger partial charge < -0.3 is 5.32 Å². The Hall–Kier alpha value is -0.820. The van der Waals surface area contributed by atoms with Gasteiger partial charge in [0.15, 0.2) is 0 Å². The number of nitrogens with one attached hydrogen (secondary N) is 1. The number of hydrogen-bond acceptors (Lipinski definition) is 1. The standard InChI is InChI=1S/C18H29N/c1-14(2)19-13-18(11-9-15(3)10-12-18)17-8-6-5-7-16(17)4/h5-8,14-15,19H,9-13H2,1-4H3. The Morgan fingerprint density at radius 3 is 2.42 bits per heavy atom. The molecule has 1 aliphatic carbocycles. The molecule has 0 unspecified atom stereocenters. The number of aryl methyl sites for hydroxylation is 1. The van der Waals surface area contributed by atoms with E-state index in [0.717, 1.165) is 12.5 Å². The highest BCUT2D eigenvalue weighted by Gasteiger charge is 2.36. The van der Waals surface area contributed by atoms with E-state index < -0.39 is 0 Å². The van der Waals surface area contributed by atoms with Crippen molar-refractivity contribution in [3.8, 4) is 0 Å². The molecule has 106 valence electrons. The topological polar surface area (TPSA) is 12.0 Å². The van der Waals surface area contributed by atoms with Crippen LogP contribution in [0.4, 0.5) is 0 Å². The molecule has 0 radical (unpaired) electrons. The number of rotatable bonds is 4. The van der Waals surface area contributed by atoms with Crippen molar-refractivity contribution in [1.82, 2.24) is 5.32 Å². The molecule has 1 heteroatoms. The molecule has 0 aromatic heterocycles. The van der Waals surface area contributed by atoms with Crippen LogP contribution in [0.25, 0.3) is 0 Å². The summed E-state index contributed by atoms with van der Waals surface area (Å²) < 4.78 is 0. The van der Waals surface area contributed by atoms with Gasteiger partial charge in [-0.1, -0.05) is 45.0 Å². The molecule has 1 fully saturated rings. The summed E-state index contributed by atoms with van der Waals surface area (Å²) in [4.78, 5) is 0. The molecular formula is C18H29N. The van der Waals surface area contributed by atoms with Crippen LogP contribution in [0.2, 0.25) is 0 Å². The first kappa shape index (κ1) is 14.6. The molecule has 1 aromatic rings. The molecule has 1 aromatic carbocycles. The van der Waals surface area contributed by atoms with E-state index >= 15 is 0 Å². The second kappa shape index (κ2) is 6.09. The van der Waals surface area contributed by atoms with Crippen LogP contribution in [-0.4, -0.2) is 12.6 Å². The van der Waals surface area contributed by atoms with Crippen LogP contribution in [-0.2, 0) is 5.41 Å². The fourth-order valence-corrected chi connectivity index (χ4v) is 3.42. The van der Waals surface area contributed by atoms with Gasteiger partial charge in [-0.05, 0) is 49.7 Å². The molecule has 0 heterocycles. The monoisotopic (exact) mass is 259 g/mol. The van der Waals surface area contributed by atoms with Crippen LogP contribution in [0.15, 0.2) is 24.3 Å². The van der Waals surface area contributed by atoms with E-state index in [1.807, 2.05) is 0 Å². The van der Waals surface area contributed by atoms with Crippen LogP contribution < -0.4 is 5.32 Å². The van der Waals surface area contributed by atoms with Gasteiger partial charge in [-0.2, -0.15) is 0 Å². The fraction of sp³-hybridized carbons (Fsp3) is 0.667. The number of hydrogen-bond donors (Lipinski definition) is 1. The molecule has 0 spiro atoms. The molecule has 2 rings (SSSR count). The highest BCUT2D eigenvalue weighted by atomic mass is 14.9. The van der Waals surface area contributed by atoms with E-state index in [-0.39, 0.29) is 0 Å². The first-order chi connectivity index (χ1) is 9.03. The average Bonchev–Trinajstić information content (AvgIpc) is 2.39. The average molecular weight is 259 g/mol. The summed E-state index contributed by atoms with van der Waals surface area (Å²) in [5.41, 5.74) is 3.40. The summed E-state index contributed by atoms with van der Waals surface area (Å²) >= 11 is 0. The van der Waals surface area contributed by atoms with E-state index in [0.29, 0.717) is 11.5 Å². The fourth-order valence-electron chi connectivity index (χ4n) is 3.42. The van der Waals surface area contributed by atoms with Crippen molar-refractivity contribution in [2.24, 2.45) is 5.92 Å². The molecule has 0 amide bonds. The maximum absolute atomic E-state index is 3.70. The third-order valence-electron chi connectivity index (χ3n) is 4.80. The van der Waals surface area contributed by atoms with E-state index in [2.05, 4.69) is 57.3 Å². The highest BCUT2D eigenvalue weighted by molar-refractivity contribution is 5.34. The smallest absolute Gasteiger partial charge is 0.00807 e. The number of benzene rings is 1. The third-order valence-corrected chi connectivity index (χ3v) is 4.80. The molecular weight excluding hydrogens is 230 g/mol. The molecule has 1 nitrogen and oxygen atoms in total. The maximum atomic E-state index is 3.70. The predicted molar refractivity (Wildman–Crippen MR) is 83.6 cm³/mol. The summed E-state index contributed by atoms with van der Waals surface area (Å²) in [5, 5.41) is 3.70. The molecule has 0 aliphatic heterocycles.